The molecule has 0 aliphatic rings. The second kappa shape index (κ2) is 4.48. The summed E-state index contributed by atoms with van der Waals surface area (Å²) in [6.07, 6.45) is 4.29. The van der Waals surface area contributed by atoms with Gasteiger partial charge in [0, 0.05) is 0 Å². The zero-order chi connectivity index (χ0) is 9.90. The Kier molecular flexibility index (Phi) is 3.82. The van der Waals surface area contributed by atoms with E-state index in [4.69, 9.17) is 0 Å². The Morgan fingerprint density at radius 1 is 1.31 bits per heavy atom. The minimum atomic E-state index is 0.290. The van der Waals surface area contributed by atoms with E-state index in [-0.39, 0.29) is 5.41 Å². The van der Waals surface area contributed by atoms with Gasteiger partial charge in [-0.05, 0) is 0 Å². The number of hydrogen-bond acceptors (Lipinski definition) is 1. The van der Waals surface area contributed by atoms with Crippen LogP contribution in [0.1, 0.15) is 30.5 Å². The Balaban J connectivity index is 2.87. The third kappa shape index (κ3) is 3.32. The van der Waals surface area contributed by atoms with Gasteiger partial charge in [0.25, 0.3) is 0 Å². The molecule has 0 aliphatic carbocycles. The van der Waals surface area contributed by atoms with Crippen LogP contribution in [0.25, 0.3) is 6.08 Å². The molecule has 0 amide bonds. The average Bonchev–Trinajstić information content (AvgIpc) is 2.47. The first-order chi connectivity index (χ1) is 6.04. The molecule has 70 valence electrons. The number of allylic oxidation sites excluding steroid dienone is 1. The van der Waals surface area contributed by atoms with E-state index in [9.17, 15) is 0 Å². The minimum absolute atomic E-state index is 0.290. The van der Waals surface area contributed by atoms with Gasteiger partial charge in [0.15, 0.2) is 0 Å². The molecule has 0 saturated heterocycles. The van der Waals surface area contributed by atoms with Crippen LogP contribution in [0.2, 0.25) is 0 Å². The molecule has 0 fully saturated rings. The first-order valence-corrected chi connectivity index (χ1v) is 6.77. The van der Waals surface area contributed by atoms with Crippen LogP contribution in [0, 0.1) is 0 Å². The Hall–Kier alpha value is -0.00169. The van der Waals surface area contributed by atoms with Crippen LogP contribution >= 0.6 is 11.3 Å². The van der Waals surface area contributed by atoms with E-state index in [2.05, 4.69) is 49.5 Å². The molecule has 0 atom stereocenters. The van der Waals surface area contributed by atoms with Gasteiger partial charge in [0.05, 0.1) is 0 Å². The number of hydrogen-bond donors (Lipinski definition) is 0. The van der Waals surface area contributed by atoms with Crippen molar-refractivity contribution in [1.29, 1.82) is 0 Å². The first kappa shape index (κ1) is 11.1. The standard InChI is InChI=1S/C11H14S.W/c1-5-6-9-7-8-10(12-9)11(2,3)4;/h1,5-8H,2-4H3;/b6-5-;. The molecular formula is C11H14SW. The van der Waals surface area contributed by atoms with Crippen molar-refractivity contribution in [2.75, 3.05) is 0 Å². The van der Waals surface area contributed by atoms with Crippen molar-refractivity contribution in [3.05, 3.63) is 28.0 Å². The molecule has 0 unspecified atom stereocenters. The van der Waals surface area contributed by atoms with Crippen LogP contribution in [-0.2, 0) is 24.8 Å². The summed E-state index contributed by atoms with van der Waals surface area (Å²) in [7, 11) is 0. The molecule has 0 aliphatic heterocycles. The summed E-state index contributed by atoms with van der Waals surface area (Å²) in [5.74, 6) is 0. The summed E-state index contributed by atoms with van der Waals surface area (Å²) in [4.78, 5) is 2.80. The molecule has 1 aromatic rings. The van der Waals surface area contributed by atoms with Crippen molar-refractivity contribution < 1.29 is 19.4 Å². The van der Waals surface area contributed by atoms with E-state index >= 15 is 0 Å². The fourth-order valence-corrected chi connectivity index (χ4v) is 2.24. The van der Waals surface area contributed by atoms with Crippen LogP contribution in [0.5, 0.6) is 0 Å². The molecule has 13 heavy (non-hydrogen) atoms. The van der Waals surface area contributed by atoms with Gasteiger partial charge in [0.1, 0.15) is 0 Å². The van der Waals surface area contributed by atoms with Crippen molar-refractivity contribution in [2.24, 2.45) is 0 Å². The normalized spacial score (nSPS) is 12.2. The summed E-state index contributed by atoms with van der Waals surface area (Å²) >= 11 is 3.38. The van der Waals surface area contributed by atoms with E-state index in [1.807, 2.05) is 11.3 Å². The van der Waals surface area contributed by atoms with Gasteiger partial charge >= 0.3 is 95.3 Å². The topological polar surface area (TPSA) is 0 Å². The Bertz CT molecular complexity index is 315. The molecule has 1 rings (SSSR count). The van der Waals surface area contributed by atoms with Crippen LogP contribution in [0.4, 0.5) is 0 Å². The van der Waals surface area contributed by atoms with Crippen LogP contribution in [0.3, 0.4) is 0 Å². The third-order valence-corrected chi connectivity index (χ3v) is 3.75. The quantitative estimate of drug-likeness (QED) is 0.757. The molecule has 2 heteroatoms. The van der Waals surface area contributed by atoms with E-state index in [1.54, 1.807) is 0 Å². The third-order valence-electron chi connectivity index (χ3n) is 1.71. The van der Waals surface area contributed by atoms with Crippen molar-refractivity contribution in [3.63, 3.8) is 0 Å². The van der Waals surface area contributed by atoms with Gasteiger partial charge in [-0.1, -0.05) is 0 Å². The maximum absolute atomic E-state index is 2.25. The van der Waals surface area contributed by atoms with E-state index < -0.39 is 0 Å². The maximum atomic E-state index is 2.25. The second-order valence-corrected chi connectivity index (χ2v) is 6.04. The zero-order valence-corrected chi connectivity index (χ0v) is 12.0. The van der Waals surface area contributed by atoms with Gasteiger partial charge in [-0.3, -0.25) is 0 Å². The fourth-order valence-electron chi connectivity index (χ4n) is 0.980. The Morgan fingerprint density at radius 2 is 2.00 bits per heavy atom. The summed E-state index contributed by atoms with van der Waals surface area (Å²) < 4.78 is 2.14. The Morgan fingerprint density at radius 3 is 2.46 bits per heavy atom. The molecule has 0 aromatic carbocycles. The summed E-state index contributed by atoms with van der Waals surface area (Å²) in [6.45, 7) is 6.76. The van der Waals surface area contributed by atoms with Crippen molar-refractivity contribution >= 4 is 21.8 Å². The van der Waals surface area contributed by atoms with E-state index in [0.29, 0.717) is 0 Å². The Labute approximate surface area is 95.1 Å². The van der Waals surface area contributed by atoms with Gasteiger partial charge in [-0.15, -0.1) is 0 Å². The zero-order valence-electron chi connectivity index (χ0n) is 8.20. The predicted octanol–water partition coefficient (Wildman–Crippen LogP) is 3.41. The molecule has 1 aromatic heterocycles. The summed E-state index contributed by atoms with van der Waals surface area (Å²) in [5.41, 5.74) is 0.290. The number of thiophene rings is 1. The van der Waals surface area contributed by atoms with E-state index in [1.165, 1.54) is 29.1 Å². The predicted molar refractivity (Wildman–Crippen MR) is 58.1 cm³/mol. The molecular weight excluding hydrogens is 348 g/mol. The molecule has 0 nitrogen and oxygen atoms in total. The molecule has 0 spiro atoms. The molecule has 0 bridgehead atoms. The molecule has 0 saturated carbocycles. The van der Waals surface area contributed by atoms with Crippen molar-refractivity contribution in [1.82, 2.24) is 0 Å². The average molecular weight is 362 g/mol. The van der Waals surface area contributed by atoms with Crippen LogP contribution in [0.15, 0.2) is 18.2 Å². The van der Waals surface area contributed by atoms with Crippen LogP contribution < -0.4 is 0 Å². The van der Waals surface area contributed by atoms with Crippen molar-refractivity contribution in [2.45, 2.75) is 26.2 Å². The molecule has 0 N–H and O–H groups in total. The van der Waals surface area contributed by atoms with Gasteiger partial charge in [-0.2, -0.15) is 0 Å². The second-order valence-electron chi connectivity index (χ2n) is 3.95. The monoisotopic (exact) mass is 362 g/mol. The summed E-state index contributed by atoms with van der Waals surface area (Å²) in [6, 6.07) is 4.42. The summed E-state index contributed by atoms with van der Waals surface area (Å²) in [5, 5.41) is 0. The molecule has 1 heterocycles. The van der Waals surface area contributed by atoms with Gasteiger partial charge in [-0.25, -0.2) is 0 Å². The molecule has 0 radical (unpaired) electrons. The number of rotatable bonds is 2. The van der Waals surface area contributed by atoms with Gasteiger partial charge in [0.2, 0.25) is 0 Å². The fraction of sp³-hybridized carbons (Fsp3) is 0.364. The van der Waals surface area contributed by atoms with Crippen LogP contribution in [-0.4, -0.2) is 4.40 Å². The van der Waals surface area contributed by atoms with Gasteiger partial charge < -0.3 is 0 Å². The van der Waals surface area contributed by atoms with Crippen molar-refractivity contribution in [3.8, 4) is 0 Å². The SMILES string of the molecule is CC(C)(C)c1ccc(/C=C\[CH]=[W])s1. The first-order valence-electron chi connectivity index (χ1n) is 4.26. The van der Waals surface area contributed by atoms with E-state index in [0.717, 1.165) is 0 Å².